The first-order chi connectivity index (χ1) is 7.69. The van der Waals surface area contributed by atoms with Gasteiger partial charge in [-0.2, -0.15) is 0 Å². The lowest BCUT2D eigenvalue weighted by Gasteiger charge is -2.31. The minimum absolute atomic E-state index is 0.0578. The fourth-order valence-corrected chi connectivity index (χ4v) is 2.19. The Balaban J connectivity index is 2.46. The van der Waals surface area contributed by atoms with Gasteiger partial charge in [0.15, 0.2) is 0 Å². The standard InChI is InChI=1S/C12H24N2O2/c1-3-6-14(7-8-15)12(16)11-5-4-10(2)13-9-11/h10-11,13,15H,3-9H2,1-2H3. The highest BCUT2D eigenvalue weighted by Gasteiger charge is 2.27. The van der Waals surface area contributed by atoms with Gasteiger partial charge in [-0.15, -0.1) is 0 Å². The smallest absolute Gasteiger partial charge is 0.227 e. The molecule has 1 saturated heterocycles. The van der Waals surface area contributed by atoms with Crippen LogP contribution in [0.2, 0.25) is 0 Å². The largest absolute Gasteiger partial charge is 0.395 e. The van der Waals surface area contributed by atoms with Crippen LogP contribution in [0.25, 0.3) is 0 Å². The summed E-state index contributed by atoms with van der Waals surface area (Å²) in [6.45, 7) is 6.27. The van der Waals surface area contributed by atoms with E-state index in [0.717, 1.165) is 32.4 Å². The molecule has 1 aliphatic rings. The van der Waals surface area contributed by atoms with Gasteiger partial charge in [-0.05, 0) is 26.2 Å². The van der Waals surface area contributed by atoms with E-state index in [1.807, 2.05) is 0 Å². The Bertz CT molecular complexity index is 207. The lowest BCUT2D eigenvalue weighted by molar-refractivity contribution is -0.136. The first-order valence-corrected chi connectivity index (χ1v) is 6.32. The fourth-order valence-electron chi connectivity index (χ4n) is 2.19. The van der Waals surface area contributed by atoms with Crippen LogP contribution in [0.5, 0.6) is 0 Å². The summed E-state index contributed by atoms with van der Waals surface area (Å²) in [4.78, 5) is 14.0. The Labute approximate surface area is 98.0 Å². The molecule has 1 aliphatic heterocycles. The van der Waals surface area contributed by atoms with Crippen molar-refractivity contribution in [2.24, 2.45) is 5.92 Å². The molecule has 0 radical (unpaired) electrons. The van der Waals surface area contributed by atoms with E-state index < -0.39 is 0 Å². The van der Waals surface area contributed by atoms with Crippen molar-refractivity contribution in [2.75, 3.05) is 26.2 Å². The monoisotopic (exact) mass is 228 g/mol. The molecule has 0 saturated carbocycles. The number of hydrogen-bond donors (Lipinski definition) is 2. The molecule has 1 fully saturated rings. The van der Waals surface area contributed by atoms with Crippen molar-refractivity contribution in [3.63, 3.8) is 0 Å². The van der Waals surface area contributed by atoms with Gasteiger partial charge in [0.05, 0.1) is 12.5 Å². The number of hydrogen-bond acceptors (Lipinski definition) is 3. The molecular weight excluding hydrogens is 204 g/mol. The zero-order chi connectivity index (χ0) is 12.0. The van der Waals surface area contributed by atoms with Crippen LogP contribution < -0.4 is 5.32 Å². The predicted molar refractivity (Wildman–Crippen MR) is 64.1 cm³/mol. The Kier molecular flexibility index (Phi) is 5.77. The van der Waals surface area contributed by atoms with Gasteiger partial charge in [0, 0.05) is 25.7 Å². The number of piperidine rings is 1. The molecule has 4 nitrogen and oxygen atoms in total. The summed E-state index contributed by atoms with van der Waals surface area (Å²) >= 11 is 0. The molecule has 0 spiro atoms. The number of carbonyl (C=O) groups excluding carboxylic acids is 1. The highest BCUT2D eigenvalue weighted by Crippen LogP contribution is 2.16. The van der Waals surface area contributed by atoms with Gasteiger partial charge < -0.3 is 15.3 Å². The average Bonchev–Trinajstić information content (AvgIpc) is 2.29. The molecule has 1 heterocycles. The van der Waals surface area contributed by atoms with E-state index in [1.54, 1.807) is 4.90 Å². The molecule has 1 amide bonds. The molecule has 0 aromatic rings. The summed E-state index contributed by atoms with van der Waals surface area (Å²) in [6, 6.07) is 0.529. The van der Waals surface area contributed by atoms with Crippen molar-refractivity contribution in [2.45, 2.75) is 39.2 Å². The normalized spacial score (nSPS) is 25.4. The van der Waals surface area contributed by atoms with Gasteiger partial charge in [0.1, 0.15) is 0 Å². The van der Waals surface area contributed by atoms with Crippen LogP contribution in [0.3, 0.4) is 0 Å². The van der Waals surface area contributed by atoms with Crippen molar-refractivity contribution in [3.8, 4) is 0 Å². The maximum atomic E-state index is 12.2. The van der Waals surface area contributed by atoms with Crippen molar-refractivity contribution < 1.29 is 9.90 Å². The molecule has 0 aliphatic carbocycles. The molecular formula is C12H24N2O2. The lowest BCUT2D eigenvalue weighted by atomic mass is 9.94. The summed E-state index contributed by atoms with van der Waals surface area (Å²) in [7, 11) is 0. The second-order valence-electron chi connectivity index (χ2n) is 4.63. The van der Waals surface area contributed by atoms with Crippen molar-refractivity contribution >= 4 is 5.91 Å². The van der Waals surface area contributed by atoms with E-state index in [2.05, 4.69) is 19.2 Å². The van der Waals surface area contributed by atoms with Crippen LogP contribution in [0.4, 0.5) is 0 Å². The maximum Gasteiger partial charge on any atom is 0.227 e. The first kappa shape index (κ1) is 13.5. The van der Waals surface area contributed by atoms with Gasteiger partial charge in [-0.1, -0.05) is 6.92 Å². The molecule has 2 unspecified atom stereocenters. The quantitative estimate of drug-likeness (QED) is 0.725. The third-order valence-corrected chi connectivity index (χ3v) is 3.19. The third-order valence-electron chi connectivity index (χ3n) is 3.19. The minimum Gasteiger partial charge on any atom is -0.395 e. The van der Waals surface area contributed by atoms with Crippen molar-refractivity contribution in [1.82, 2.24) is 10.2 Å². The zero-order valence-corrected chi connectivity index (χ0v) is 10.4. The summed E-state index contributed by atoms with van der Waals surface area (Å²) in [6.07, 6.45) is 2.98. The minimum atomic E-state index is 0.0578. The summed E-state index contributed by atoms with van der Waals surface area (Å²) < 4.78 is 0. The second-order valence-corrected chi connectivity index (χ2v) is 4.63. The average molecular weight is 228 g/mol. The lowest BCUT2D eigenvalue weighted by Crippen LogP contribution is -2.46. The molecule has 0 bridgehead atoms. The van der Waals surface area contributed by atoms with Gasteiger partial charge in [-0.25, -0.2) is 0 Å². The van der Waals surface area contributed by atoms with Gasteiger partial charge in [0.25, 0.3) is 0 Å². The van der Waals surface area contributed by atoms with Gasteiger partial charge >= 0.3 is 0 Å². The molecule has 1 rings (SSSR count). The summed E-state index contributed by atoms with van der Waals surface area (Å²) in [5.74, 6) is 0.310. The molecule has 16 heavy (non-hydrogen) atoms. The van der Waals surface area contributed by atoms with E-state index in [-0.39, 0.29) is 18.4 Å². The Morgan fingerprint density at radius 1 is 1.44 bits per heavy atom. The molecule has 2 atom stereocenters. The van der Waals surface area contributed by atoms with E-state index >= 15 is 0 Å². The molecule has 4 heteroatoms. The number of nitrogens with one attached hydrogen (secondary N) is 1. The van der Waals surface area contributed by atoms with Gasteiger partial charge in [0.2, 0.25) is 5.91 Å². The van der Waals surface area contributed by atoms with E-state index in [9.17, 15) is 4.79 Å². The summed E-state index contributed by atoms with van der Waals surface area (Å²) in [5, 5.41) is 12.3. The summed E-state index contributed by atoms with van der Waals surface area (Å²) in [5.41, 5.74) is 0. The number of amides is 1. The van der Waals surface area contributed by atoms with Crippen LogP contribution >= 0.6 is 0 Å². The fraction of sp³-hybridized carbons (Fsp3) is 0.917. The zero-order valence-electron chi connectivity index (χ0n) is 10.4. The number of aliphatic hydroxyl groups excluding tert-OH is 1. The van der Waals surface area contributed by atoms with Crippen LogP contribution in [0.15, 0.2) is 0 Å². The highest BCUT2D eigenvalue weighted by molar-refractivity contribution is 5.79. The van der Waals surface area contributed by atoms with Crippen molar-refractivity contribution in [3.05, 3.63) is 0 Å². The molecule has 94 valence electrons. The van der Waals surface area contributed by atoms with Crippen molar-refractivity contribution in [1.29, 1.82) is 0 Å². The number of carbonyl (C=O) groups is 1. The molecule has 2 N–H and O–H groups in total. The van der Waals surface area contributed by atoms with E-state index in [1.165, 1.54) is 0 Å². The highest BCUT2D eigenvalue weighted by atomic mass is 16.3. The predicted octanol–water partition coefficient (Wildman–Crippen LogP) is 0.605. The maximum absolute atomic E-state index is 12.2. The number of aliphatic hydroxyl groups is 1. The Morgan fingerprint density at radius 3 is 2.69 bits per heavy atom. The molecule has 0 aromatic heterocycles. The van der Waals surface area contributed by atoms with Crippen LogP contribution in [-0.2, 0) is 4.79 Å². The van der Waals surface area contributed by atoms with E-state index in [0.29, 0.717) is 12.6 Å². The SMILES string of the molecule is CCCN(CCO)C(=O)C1CCC(C)NC1. The topological polar surface area (TPSA) is 52.6 Å². The van der Waals surface area contributed by atoms with Crippen LogP contribution in [0, 0.1) is 5.92 Å². The van der Waals surface area contributed by atoms with Crippen LogP contribution in [-0.4, -0.2) is 48.2 Å². The number of nitrogens with zero attached hydrogens (tertiary/aromatic N) is 1. The Morgan fingerprint density at radius 2 is 2.19 bits per heavy atom. The van der Waals surface area contributed by atoms with E-state index in [4.69, 9.17) is 5.11 Å². The third kappa shape index (κ3) is 3.76. The van der Waals surface area contributed by atoms with Gasteiger partial charge in [-0.3, -0.25) is 4.79 Å². The first-order valence-electron chi connectivity index (χ1n) is 6.32. The Hall–Kier alpha value is -0.610. The second kappa shape index (κ2) is 6.86. The molecule has 0 aromatic carbocycles. The number of rotatable bonds is 5. The van der Waals surface area contributed by atoms with Crippen LogP contribution in [0.1, 0.15) is 33.1 Å².